The Balaban J connectivity index is 2.58. The van der Waals surface area contributed by atoms with Gasteiger partial charge in [0.2, 0.25) is 11.8 Å². The number of amides is 1. The van der Waals surface area contributed by atoms with Gasteiger partial charge >= 0.3 is 0 Å². The molecule has 1 unspecified atom stereocenters. The lowest BCUT2D eigenvalue weighted by Gasteiger charge is -2.20. The van der Waals surface area contributed by atoms with Crippen molar-refractivity contribution in [2.24, 2.45) is 0 Å². The summed E-state index contributed by atoms with van der Waals surface area (Å²) in [4.78, 5) is 25.2. The first-order valence-electron chi connectivity index (χ1n) is 6.25. The molecule has 0 aliphatic carbocycles. The summed E-state index contributed by atoms with van der Waals surface area (Å²) in [6.45, 7) is 4.35. The molecule has 0 aliphatic heterocycles. The fourth-order valence-corrected chi connectivity index (χ4v) is 2.36. The number of likely N-dealkylation sites (N-methyl/N-ethyl adjacent to an activating group) is 1. The van der Waals surface area contributed by atoms with Gasteiger partial charge in [-0.05, 0) is 26.1 Å². The van der Waals surface area contributed by atoms with Gasteiger partial charge in [-0.25, -0.2) is 4.98 Å². The molecule has 0 aromatic carbocycles. The highest BCUT2D eigenvalue weighted by molar-refractivity contribution is 7.71. The van der Waals surface area contributed by atoms with E-state index >= 15 is 0 Å². The third-order valence-electron chi connectivity index (χ3n) is 3.26. The average Bonchev–Trinajstić information content (AvgIpc) is 2.80. The Morgan fingerprint density at radius 2 is 2.30 bits per heavy atom. The van der Waals surface area contributed by atoms with Crippen LogP contribution in [0.1, 0.15) is 19.9 Å². The molecule has 1 N–H and O–H groups in total. The molecule has 7 nitrogen and oxygen atoms in total. The number of aromatic nitrogens is 4. The van der Waals surface area contributed by atoms with Crippen LogP contribution in [-0.2, 0) is 4.79 Å². The van der Waals surface area contributed by atoms with Crippen molar-refractivity contribution in [2.75, 3.05) is 20.7 Å². The van der Waals surface area contributed by atoms with Crippen molar-refractivity contribution in [2.45, 2.75) is 19.9 Å². The number of carbonyl (C=O) groups is 1. The van der Waals surface area contributed by atoms with E-state index in [-0.39, 0.29) is 5.91 Å². The topological polar surface area (TPSA) is 76.0 Å². The lowest BCUT2D eigenvalue weighted by molar-refractivity contribution is -0.132. The minimum absolute atomic E-state index is 0.0259. The molecule has 8 heteroatoms. The highest BCUT2D eigenvalue weighted by Crippen LogP contribution is 2.23. The van der Waals surface area contributed by atoms with Crippen molar-refractivity contribution >= 4 is 29.3 Å². The molecule has 0 saturated heterocycles. The van der Waals surface area contributed by atoms with Gasteiger partial charge in [0.05, 0.1) is 7.11 Å². The van der Waals surface area contributed by atoms with Crippen molar-refractivity contribution < 1.29 is 9.53 Å². The largest absolute Gasteiger partial charge is 0.479 e. The number of aromatic amines is 1. The summed E-state index contributed by atoms with van der Waals surface area (Å²) >= 11 is 5.29. The van der Waals surface area contributed by atoms with E-state index in [2.05, 4.69) is 15.0 Å². The number of hydrogen-bond acceptors (Lipinski definition) is 5. The number of methoxy groups -OCH3 is 1. The number of fused-ring (bicyclic) bond motifs is 1. The maximum atomic E-state index is 12.3. The van der Waals surface area contributed by atoms with E-state index in [4.69, 9.17) is 17.0 Å². The van der Waals surface area contributed by atoms with E-state index in [1.807, 2.05) is 6.92 Å². The molecule has 1 amide bonds. The minimum atomic E-state index is -0.444. The van der Waals surface area contributed by atoms with Crippen molar-refractivity contribution in [3.8, 4) is 5.88 Å². The minimum Gasteiger partial charge on any atom is -0.479 e. The highest BCUT2D eigenvalue weighted by Gasteiger charge is 2.23. The quantitative estimate of drug-likeness (QED) is 0.866. The van der Waals surface area contributed by atoms with Crippen LogP contribution in [0, 0.1) is 4.77 Å². The zero-order valence-corrected chi connectivity index (χ0v) is 12.7. The molecule has 0 saturated carbocycles. The first-order valence-corrected chi connectivity index (χ1v) is 6.66. The Hall–Kier alpha value is -1.96. The van der Waals surface area contributed by atoms with Crippen LogP contribution >= 0.6 is 12.2 Å². The van der Waals surface area contributed by atoms with Crippen LogP contribution in [0.15, 0.2) is 6.33 Å². The molecule has 2 aromatic rings. The average molecular weight is 295 g/mol. The Morgan fingerprint density at radius 3 is 2.90 bits per heavy atom. The van der Waals surface area contributed by atoms with Gasteiger partial charge in [0, 0.05) is 13.6 Å². The lowest BCUT2D eigenvalue weighted by atomic mass is 10.3. The summed E-state index contributed by atoms with van der Waals surface area (Å²) in [6, 6.07) is -0.444. The van der Waals surface area contributed by atoms with Crippen LogP contribution in [0.25, 0.3) is 11.2 Å². The number of rotatable bonds is 4. The van der Waals surface area contributed by atoms with Crippen LogP contribution in [0.3, 0.4) is 0 Å². The second-order valence-electron chi connectivity index (χ2n) is 4.41. The normalized spacial score (nSPS) is 12.4. The van der Waals surface area contributed by atoms with Gasteiger partial charge in [0.25, 0.3) is 0 Å². The molecular weight excluding hydrogens is 278 g/mol. The number of carbonyl (C=O) groups excluding carboxylic acids is 1. The predicted octanol–water partition coefficient (Wildman–Crippen LogP) is 1.54. The first-order chi connectivity index (χ1) is 9.51. The fourth-order valence-electron chi connectivity index (χ4n) is 2.02. The van der Waals surface area contributed by atoms with Gasteiger partial charge in [0.1, 0.15) is 17.9 Å². The predicted molar refractivity (Wildman–Crippen MR) is 77.3 cm³/mol. The maximum Gasteiger partial charge on any atom is 0.245 e. The molecule has 108 valence electrons. The van der Waals surface area contributed by atoms with E-state index in [1.54, 1.807) is 23.4 Å². The highest BCUT2D eigenvalue weighted by atomic mass is 32.1. The summed E-state index contributed by atoms with van der Waals surface area (Å²) in [7, 11) is 3.28. The Morgan fingerprint density at radius 1 is 1.60 bits per heavy atom. The zero-order valence-electron chi connectivity index (χ0n) is 11.9. The Kier molecular flexibility index (Phi) is 4.03. The van der Waals surface area contributed by atoms with Crippen LogP contribution in [0.4, 0.5) is 0 Å². The molecule has 2 heterocycles. The molecule has 0 fully saturated rings. The molecule has 0 radical (unpaired) electrons. The van der Waals surface area contributed by atoms with Gasteiger partial charge < -0.3 is 14.6 Å². The van der Waals surface area contributed by atoms with E-state index < -0.39 is 6.04 Å². The first kappa shape index (κ1) is 14.4. The SMILES string of the molecule is CCN(C)C(=O)C(C)n1c(=S)[nH]c2c(OC)ncnc21. The molecule has 0 bridgehead atoms. The number of H-pyrrole nitrogens is 1. The maximum absolute atomic E-state index is 12.3. The second kappa shape index (κ2) is 5.58. The van der Waals surface area contributed by atoms with Crippen LogP contribution in [0.5, 0.6) is 5.88 Å². The fraction of sp³-hybridized carbons (Fsp3) is 0.500. The number of imidazole rings is 1. The molecule has 2 rings (SSSR count). The van der Waals surface area contributed by atoms with Crippen LogP contribution in [-0.4, -0.2) is 51.0 Å². The van der Waals surface area contributed by atoms with E-state index in [0.29, 0.717) is 28.4 Å². The van der Waals surface area contributed by atoms with Crippen molar-refractivity contribution in [3.05, 3.63) is 11.1 Å². The third kappa shape index (κ3) is 2.26. The van der Waals surface area contributed by atoms with Crippen molar-refractivity contribution in [1.29, 1.82) is 0 Å². The smallest absolute Gasteiger partial charge is 0.245 e. The van der Waals surface area contributed by atoms with Crippen LogP contribution < -0.4 is 4.74 Å². The van der Waals surface area contributed by atoms with Gasteiger partial charge in [-0.15, -0.1) is 0 Å². The van der Waals surface area contributed by atoms with E-state index in [0.717, 1.165) is 0 Å². The summed E-state index contributed by atoms with van der Waals surface area (Å²) in [5, 5.41) is 0. The number of hydrogen-bond donors (Lipinski definition) is 1. The molecule has 1 atom stereocenters. The van der Waals surface area contributed by atoms with Gasteiger partial charge in [-0.3, -0.25) is 9.36 Å². The van der Waals surface area contributed by atoms with E-state index in [1.165, 1.54) is 13.4 Å². The molecule has 0 aliphatic rings. The van der Waals surface area contributed by atoms with Gasteiger partial charge in [0.15, 0.2) is 10.4 Å². The standard InChI is InChI=1S/C12H17N5O2S/c1-5-16(3)11(18)7(2)17-9-8(15-12(17)20)10(19-4)14-6-13-9/h6-7H,5H2,1-4H3,(H,15,20). The molecule has 0 spiro atoms. The summed E-state index contributed by atoms with van der Waals surface area (Å²) in [5.74, 6) is 0.380. The molecule has 20 heavy (non-hydrogen) atoms. The van der Waals surface area contributed by atoms with Crippen molar-refractivity contribution in [3.63, 3.8) is 0 Å². The third-order valence-corrected chi connectivity index (χ3v) is 3.56. The summed E-state index contributed by atoms with van der Waals surface area (Å²) in [5.41, 5.74) is 1.16. The lowest BCUT2D eigenvalue weighted by Crippen LogP contribution is -2.33. The molecular formula is C12H17N5O2S. The van der Waals surface area contributed by atoms with Gasteiger partial charge in [-0.2, -0.15) is 4.98 Å². The number of nitrogens with one attached hydrogen (secondary N) is 1. The second-order valence-corrected chi connectivity index (χ2v) is 4.80. The van der Waals surface area contributed by atoms with Gasteiger partial charge in [-0.1, -0.05) is 0 Å². The Labute approximate surface area is 121 Å². The molecule has 2 aromatic heterocycles. The summed E-state index contributed by atoms with van der Waals surface area (Å²) < 4.78 is 7.27. The number of nitrogens with zero attached hydrogens (tertiary/aromatic N) is 4. The Bertz CT molecular complexity index is 693. The monoisotopic (exact) mass is 295 g/mol. The number of ether oxygens (including phenoxy) is 1. The zero-order chi connectivity index (χ0) is 14.9. The van der Waals surface area contributed by atoms with E-state index in [9.17, 15) is 4.79 Å². The van der Waals surface area contributed by atoms with Crippen LogP contribution in [0.2, 0.25) is 0 Å². The van der Waals surface area contributed by atoms with Crippen molar-refractivity contribution in [1.82, 2.24) is 24.4 Å². The summed E-state index contributed by atoms with van der Waals surface area (Å²) in [6.07, 6.45) is 1.39.